The first-order chi connectivity index (χ1) is 13.6. The molecule has 0 aliphatic carbocycles. The van der Waals surface area contributed by atoms with Gasteiger partial charge in [-0.15, -0.1) is 0 Å². The van der Waals surface area contributed by atoms with Crippen molar-refractivity contribution in [2.24, 2.45) is 0 Å². The lowest BCUT2D eigenvalue weighted by molar-refractivity contribution is -0.127. The minimum Gasteiger partial charge on any atom is -0.341 e. The molecule has 0 N–H and O–H groups in total. The van der Waals surface area contributed by atoms with Crippen molar-refractivity contribution in [1.82, 2.24) is 15.0 Å². The van der Waals surface area contributed by atoms with E-state index in [4.69, 9.17) is 4.52 Å². The maximum absolute atomic E-state index is 12.5. The molecular formula is C23H25N3O2. The SMILES string of the molecule is CCc1ccc(-c2noc(C3CC(=O)N(CC(C)c4ccccc4)C3)n2)cc1. The van der Waals surface area contributed by atoms with Crippen molar-refractivity contribution < 1.29 is 9.32 Å². The van der Waals surface area contributed by atoms with Crippen LogP contribution < -0.4 is 0 Å². The first-order valence-electron chi connectivity index (χ1n) is 9.89. The van der Waals surface area contributed by atoms with Crippen LogP contribution in [0.15, 0.2) is 59.1 Å². The van der Waals surface area contributed by atoms with E-state index in [1.54, 1.807) is 0 Å². The number of nitrogens with zero attached hydrogens (tertiary/aromatic N) is 3. The van der Waals surface area contributed by atoms with E-state index in [1.807, 2.05) is 35.2 Å². The van der Waals surface area contributed by atoms with Gasteiger partial charge in [-0.3, -0.25) is 4.79 Å². The highest BCUT2D eigenvalue weighted by Gasteiger charge is 2.35. The van der Waals surface area contributed by atoms with Crippen LogP contribution >= 0.6 is 0 Å². The van der Waals surface area contributed by atoms with Gasteiger partial charge in [-0.25, -0.2) is 0 Å². The highest BCUT2D eigenvalue weighted by molar-refractivity contribution is 5.79. The number of aromatic nitrogens is 2. The molecule has 0 spiro atoms. The summed E-state index contributed by atoms with van der Waals surface area (Å²) in [5.74, 6) is 1.55. The van der Waals surface area contributed by atoms with Crippen molar-refractivity contribution >= 4 is 5.91 Å². The third-order valence-corrected chi connectivity index (χ3v) is 5.49. The third-order valence-electron chi connectivity index (χ3n) is 5.49. The molecule has 2 heterocycles. The summed E-state index contributed by atoms with van der Waals surface area (Å²) >= 11 is 0. The molecule has 144 valence electrons. The second kappa shape index (κ2) is 7.97. The maximum Gasteiger partial charge on any atom is 0.232 e. The average Bonchev–Trinajstić information content (AvgIpc) is 3.36. The van der Waals surface area contributed by atoms with Crippen LogP contribution in [0.2, 0.25) is 0 Å². The van der Waals surface area contributed by atoms with Crippen molar-refractivity contribution in [2.75, 3.05) is 13.1 Å². The van der Waals surface area contributed by atoms with E-state index in [0.29, 0.717) is 37.1 Å². The van der Waals surface area contributed by atoms with Gasteiger partial charge in [0.15, 0.2) is 0 Å². The number of carbonyl (C=O) groups excluding carboxylic acids is 1. The normalized spacial score (nSPS) is 17.9. The maximum atomic E-state index is 12.5. The Hall–Kier alpha value is -2.95. The van der Waals surface area contributed by atoms with Crippen LogP contribution in [0.5, 0.6) is 0 Å². The highest BCUT2D eigenvalue weighted by Crippen LogP contribution is 2.30. The van der Waals surface area contributed by atoms with Crippen LogP contribution in [0.25, 0.3) is 11.4 Å². The lowest BCUT2D eigenvalue weighted by Gasteiger charge is -2.21. The molecule has 2 unspecified atom stereocenters. The number of rotatable bonds is 6. The third kappa shape index (κ3) is 3.84. The minimum absolute atomic E-state index is 0.0355. The molecular weight excluding hydrogens is 350 g/mol. The summed E-state index contributed by atoms with van der Waals surface area (Å²) in [7, 11) is 0. The molecule has 4 rings (SSSR count). The molecule has 2 atom stereocenters. The molecule has 1 aliphatic rings. The number of carbonyl (C=O) groups is 1. The summed E-state index contributed by atoms with van der Waals surface area (Å²) < 4.78 is 5.51. The van der Waals surface area contributed by atoms with Gasteiger partial charge in [-0.2, -0.15) is 4.98 Å². The van der Waals surface area contributed by atoms with E-state index in [-0.39, 0.29) is 11.8 Å². The summed E-state index contributed by atoms with van der Waals surface area (Å²) in [6.45, 7) is 5.62. The van der Waals surface area contributed by atoms with Crippen LogP contribution in [0.3, 0.4) is 0 Å². The van der Waals surface area contributed by atoms with Crippen molar-refractivity contribution in [3.8, 4) is 11.4 Å². The second-order valence-electron chi connectivity index (χ2n) is 7.52. The van der Waals surface area contributed by atoms with Gasteiger partial charge >= 0.3 is 0 Å². The van der Waals surface area contributed by atoms with Gasteiger partial charge in [0.05, 0.1) is 5.92 Å². The van der Waals surface area contributed by atoms with Gasteiger partial charge < -0.3 is 9.42 Å². The van der Waals surface area contributed by atoms with E-state index in [0.717, 1.165) is 12.0 Å². The molecule has 1 aromatic heterocycles. The number of hydrogen-bond donors (Lipinski definition) is 0. The van der Waals surface area contributed by atoms with E-state index in [9.17, 15) is 4.79 Å². The Morgan fingerprint density at radius 1 is 1.14 bits per heavy atom. The van der Waals surface area contributed by atoms with Gasteiger partial charge in [-0.1, -0.05) is 73.6 Å². The number of aryl methyl sites for hydroxylation is 1. The fourth-order valence-electron chi connectivity index (χ4n) is 3.74. The van der Waals surface area contributed by atoms with Crippen LogP contribution in [0.4, 0.5) is 0 Å². The fourth-order valence-corrected chi connectivity index (χ4v) is 3.74. The molecule has 0 saturated carbocycles. The number of likely N-dealkylation sites (tertiary alicyclic amines) is 1. The topological polar surface area (TPSA) is 59.2 Å². The Labute approximate surface area is 165 Å². The molecule has 1 aliphatic heterocycles. The zero-order valence-electron chi connectivity index (χ0n) is 16.3. The molecule has 1 amide bonds. The number of amides is 1. The van der Waals surface area contributed by atoms with Gasteiger partial charge in [0, 0.05) is 25.1 Å². The van der Waals surface area contributed by atoms with E-state index in [2.05, 4.69) is 48.3 Å². The van der Waals surface area contributed by atoms with E-state index in [1.165, 1.54) is 11.1 Å². The average molecular weight is 375 g/mol. The van der Waals surface area contributed by atoms with Crippen LogP contribution in [0, 0.1) is 0 Å². The number of benzene rings is 2. The van der Waals surface area contributed by atoms with Crippen molar-refractivity contribution in [3.05, 3.63) is 71.6 Å². The number of hydrogen-bond acceptors (Lipinski definition) is 4. The smallest absolute Gasteiger partial charge is 0.232 e. The lowest BCUT2D eigenvalue weighted by Crippen LogP contribution is -2.29. The minimum atomic E-state index is -0.0355. The van der Waals surface area contributed by atoms with Crippen molar-refractivity contribution in [2.45, 2.75) is 38.5 Å². The molecule has 1 saturated heterocycles. The molecule has 0 bridgehead atoms. The zero-order chi connectivity index (χ0) is 19.5. The molecule has 3 aromatic rings. The summed E-state index contributed by atoms with van der Waals surface area (Å²) in [6, 6.07) is 18.5. The molecule has 28 heavy (non-hydrogen) atoms. The fraction of sp³-hybridized carbons (Fsp3) is 0.348. The summed E-state index contributed by atoms with van der Waals surface area (Å²) in [4.78, 5) is 19.0. The van der Waals surface area contributed by atoms with E-state index < -0.39 is 0 Å². The lowest BCUT2D eigenvalue weighted by atomic mass is 10.0. The van der Waals surface area contributed by atoms with Gasteiger partial charge in [-0.05, 0) is 23.5 Å². The predicted octanol–water partition coefficient (Wildman–Crippen LogP) is 4.42. The van der Waals surface area contributed by atoms with Crippen molar-refractivity contribution in [3.63, 3.8) is 0 Å². The Bertz CT molecular complexity index is 934. The van der Waals surface area contributed by atoms with Crippen LogP contribution in [-0.4, -0.2) is 34.0 Å². The quantitative estimate of drug-likeness (QED) is 0.640. The summed E-state index contributed by atoms with van der Waals surface area (Å²) in [6.07, 6.45) is 1.43. The molecule has 5 heteroatoms. The Morgan fingerprint density at radius 2 is 1.89 bits per heavy atom. The Kier molecular flexibility index (Phi) is 5.24. The molecule has 0 radical (unpaired) electrons. The van der Waals surface area contributed by atoms with Gasteiger partial charge in [0.25, 0.3) is 0 Å². The van der Waals surface area contributed by atoms with Crippen LogP contribution in [-0.2, 0) is 11.2 Å². The summed E-state index contributed by atoms with van der Waals surface area (Å²) in [5, 5.41) is 4.13. The van der Waals surface area contributed by atoms with Gasteiger partial charge in [0.2, 0.25) is 17.6 Å². The van der Waals surface area contributed by atoms with E-state index >= 15 is 0 Å². The largest absolute Gasteiger partial charge is 0.341 e. The first kappa shape index (κ1) is 18.4. The van der Waals surface area contributed by atoms with Crippen LogP contribution in [0.1, 0.15) is 49.1 Å². The predicted molar refractivity (Wildman–Crippen MR) is 108 cm³/mol. The van der Waals surface area contributed by atoms with Gasteiger partial charge in [0.1, 0.15) is 0 Å². The highest BCUT2D eigenvalue weighted by atomic mass is 16.5. The summed E-state index contributed by atoms with van der Waals surface area (Å²) in [5.41, 5.74) is 3.46. The monoisotopic (exact) mass is 375 g/mol. The Balaban J connectivity index is 1.43. The molecule has 1 fully saturated rings. The zero-order valence-corrected chi connectivity index (χ0v) is 16.3. The molecule has 5 nitrogen and oxygen atoms in total. The molecule has 2 aromatic carbocycles. The standard InChI is InChI=1S/C23H25N3O2/c1-3-17-9-11-19(12-10-17)22-24-23(28-25-22)20-13-21(27)26(15-20)14-16(2)18-7-5-4-6-8-18/h4-12,16,20H,3,13-15H2,1-2H3. The first-order valence-corrected chi connectivity index (χ1v) is 9.89. The second-order valence-corrected chi connectivity index (χ2v) is 7.52. The van der Waals surface area contributed by atoms with Crippen molar-refractivity contribution in [1.29, 1.82) is 0 Å². The Morgan fingerprint density at radius 3 is 2.61 bits per heavy atom.